The Bertz CT molecular complexity index is 2750. The molecule has 0 aliphatic carbocycles. The molecule has 0 N–H and O–H groups in total. The van der Waals surface area contributed by atoms with Crippen molar-refractivity contribution < 1.29 is 17.6 Å². The highest BCUT2D eigenvalue weighted by Crippen LogP contribution is 2.41. The Morgan fingerprint density at radius 1 is 0.453 bits per heavy atom. The Morgan fingerprint density at radius 2 is 0.887 bits per heavy atom. The molecule has 9 aromatic rings. The predicted molar refractivity (Wildman–Crippen MR) is 203 cm³/mol. The van der Waals surface area contributed by atoms with Crippen LogP contribution in [0.2, 0.25) is 0 Å². The molecule has 9 rings (SSSR count). The zero-order valence-corrected chi connectivity index (χ0v) is 28.1. The topological polar surface area (TPSA) is 36.9 Å². The van der Waals surface area contributed by atoms with E-state index in [1.165, 1.54) is 12.1 Å². The molecule has 2 aromatic heterocycles. The minimum Gasteiger partial charge on any atom is -0.336 e. The number of rotatable bonds is 7. The van der Waals surface area contributed by atoms with E-state index in [0.717, 1.165) is 84.9 Å². The van der Waals surface area contributed by atoms with E-state index < -0.39 is 23.3 Å². The molecule has 8 heteroatoms. The highest BCUT2D eigenvalue weighted by molar-refractivity contribution is 6.11. The Hall–Kier alpha value is -6.85. The van der Waals surface area contributed by atoms with E-state index in [9.17, 15) is 22.8 Å². The highest BCUT2D eigenvalue weighted by Gasteiger charge is 2.20. The zero-order valence-electron chi connectivity index (χ0n) is 28.1. The molecule has 53 heavy (non-hydrogen) atoms. The Balaban J connectivity index is 1.23. The number of fused-ring (bicyclic) bond motifs is 6. The number of halogens is 4. The van der Waals surface area contributed by atoms with Gasteiger partial charge in [0.2, 0.25) is 0 Å². The number of anilines is 3. The van der Waals surface area contributed by atoms with Crippen LogP contribution in [0, 0.1) is 34.6 Å². The van der Waals surface area contributed by atoms with Gasteiger partial charge in [-0.05, 0) is 109 Å². The summed E-state index contributed by atoms with van der Waals surface area (Å²) in [5.41, 5.74) is 7.03. The van der Waals surface area contributed by atoms with Gasteiger partial charge < -0.3 is 14.0 Å². The van der Waals surface area contributed by atoms with Crippen molar-refractivity contribution in [2.45, 2.75) is 13.1 Å². The number of aromatic nitrogens is 2. The van der Waals surface area contributed by atoms with Gasteiger partial charge >= 0.3 is 0 Å². The lowest BCUT2D eigenvalue weighted by Gasteiger charge is -2.26. The van der Waals surface area contributed by atoms with E-state index >= 15 is 0 Å². The van der Waals surface area contributed by atoms with Crippen LogP contribution in [0.1, 0.15) is 16.7 Å². The van der Waals surface area contributed by atoms with Crippen LogP contribution in [-0.4, -0.2) is 9.13 Å². The fourth-order valence-corrected chi connectivity index (χ4v) is 7.50. The third-order valence-electron chi connectivity index (χ3n) is 9.96. The maximum Gasteiger partial charge on any atom is 0.128 e. The number of benzene rings is 7. The average molecular weight is 701 g/mol. The van der Waals surface area contributed by atoms with Gasteiger partial charge in [-0.1, -0.05) is 36.4 Å². The lowest BCUT2D eigenvalue weighted by Crippen LogP contribution is -2.10. The van der Waals surface area contributed by atoms with Crippen molar-refractivity contribution in [2.75, 3.05) is 4.90 Å². The molecule has 0 atom stereocenters. The highest BCUT2D eigenvalue weighted by atomic mass is 19.1. The van der Waals surface area contributed by atoms with Gasteiger partial charge in [0.1, 0.15) is 23.3 Å². The molecule has 256 valence electrons. The Kier molecular flexibility index (Phi) is 7.71. The van der Waals surface area contributed by atoms with Crippen molar-refractivity contribution in [2.24, 2.45) is 0 Å². The minimum atomic E-state index is -0.497. The molecule has 0 bridgehead atoms. The zero-order chi connectivity index (χ0) is 36.2. The van der Waals surface area contributed by atoms with Crippen LogP contribution >= 0.6 is 0 Å². The SMILES string of the molecule is N#Cc1ccc(N(c2ccc3c(c2)c2ccccc2n3Cc2cc(F)ccc2F)c2ccc3c(c2)c2ccccc2n3Cc2cc(F)ccc2F)cc1. The second-order valence-electron chi connectivity index (χ2n) is 13.1. The van der Waals surface area contributed by atoms with Crippen LogP contribution in [0.5, 0.6) is 0 Å². The first-order valence-corrected chi connectivity index (χ1v) is 17.1. The van der Waals surface area contributed by atoms with Crippen LogP contribution in [0.25, 0.3) is 43.6 Å². The summed E-state index contributed by atoms with van der Waals surface area (Å²) in [7, 11) is 0. The summed E-state index contributed by atoms with van der Waals surface area (Å²) < 4.78 is 62.1. The third kappa shape index (κ3) is 5.54. The molecule has 0 saturated heterocycles. The van der Waals surface area contributed by atoms with Crippen molar-refractivity contribution >= 4 is 60.7 Å². The van der Waals surface area contributed by atoms with Crippen LogP contribution < -0.4 is 4.90 Å². The van der Waals surface area contributed by atoms with Gasteiger partial charge in [0.15, 0.2) is 0 Å². The van der Waals surface area contributed by atoms with Crippen molar-refractivity contribution in [3.8, 4) is 6.07 Å². The van der Waals surface area contributed by atoms with Gasteiger partial charge in [-0.15, -0.1) is 0 Å². The lowest BCUT2D eigenvalue weighted by molar-refractivity contribution is 0.580. The summed E-state index contributed by atoms with van der Waals surface area (Å²) >= 11 is 0. The fraction of sp³-hybridized carbons (Fsp3) is 0.0444. The second kappa shape index (κ2) is 12.7. The summed E-state index contributed by atoms with van der Waals surface area (Å²) in [4.78, 5) is 2.11. The lowest BCUT2D eigenvalue weighted by atomic mass is 10.1. The van der Waals surface area contributed by atoms with Crippen molar-refractivity contribution in [3.05, 3.63) is 186 Å². The molecule has 0 fully saturated rings. The summed E-state index contributed by atoms with van der Waals surface area (Å²) in [6.45, 7) is 0.291. The average Bonchev–Trinajstić information content (AvgIpc) is 3.66. The van der Waals surface area contributed by atoms with Gasteiger partial charge in [0.05, 0.1) is 24.7 Å². The van der Waals surface area contributed by atoms with E-state index in [2.05, 4.69) is 23.1 Å². The van der Waals surface area contributed by atoms with Gasteiger partial charge in [0, 0.05) is 71.8 Å². The van der Waals surface area contributed by atoms with E-state index in [1.54, 1.807) is 12.1 Å². The summed E-state index contributed by atoms with van der Waals surface area (Å²) in [6.07, 6.45) is 0. The summed E-state index contributed by atoms with van der Waals surface area (Å²) in [5, 5.41) is 13.4. The van der Waals surface area contributed by atoms with E-state index in [0.29, 0.717) is 5.56 Å². The molecular weight excluding hydrogens is 673 g/mol. The number of hydrogen-bond acceptors (Lipinski definition) is 2. The quantitative estimate of drug-likeness (QED) is 0.155. The van der Waals surface area contributed by atoms with Crippen molar-refractivity contribution in [3.63, 3.8) is 0 Å². The van der Waals surface area contributed by atoms with Gasteiger partial charge in [0.25, 0.3) is 0 Å². The molecule has 0 saturated carbocycles. The largest absolute Gasteiger partial charge is 0.336 e. The van der Waals surface area contributed by atoms with Crippen molar-refractivity contribution in [1.82, 2.24) is 9.13 Å². The molecule has 0 aliphatic heterocycles. The molecule has 0 aliphatic rings. The fourth-order valence-electron chi connectivity index (χ4n) is 7.50. The molecule has 0 amide bonds. The van der Waals surface area contributed by atoms with E-state index in [1.807, 2.05) is 94.1 Å². The molecule has 0 unspecified atom stereocenters. The molecule has 0 radical (unpaired) electrons. The van der Waals surface area contributed by atoms with Crippen molar-refractivity contribution in [1.29, 1.82) is 5.26 Å². The Labute approximate surface area is 301 Å². The number of nitrogens with zero attached hydrogens (tertiary/aromatic N) is 4. The second-order valence-corrected chi connectivity index (χ2v) is 13.1. The number of hydrogen-bond donors (Lipinski definition) is 0. The summed E-state index contributed by atoms with van der Waals surface area (Å²) in [5.74, 6) is -1.94. The molecule has 0 spiro atoms. The monoisotopic (exact) mass is 700 g/mol. The molecule has 2 heterocycles. The summed E-state index contributed by atoms with van der Waals surface area (Å²) in [6, 6.07) is 44.5. The predicted octanol–water partition coefficient (Wildman–Crippen LogP) is 11.9. The van der Waals surface area contributed by atoms with E-state index in [-0.39, 0.29) is 24.2 Å². The van der Waals surface area contributed by atoms with Gasteiger partial charge in [-0.3, -0.25) is 0 Å². The molecule has 7 aromatic carbocycles. The normalized spacial score (nSPS) is 11.5. The first kappa shape index (κ1) is 32.1. The Morgan fingerprint density at radius 3 is 1.36 bits per heavy atom. The minimum absolute atomic E-state index is 0.145. The third-order valence-corrected chi connectivity index (χ3v) is 9.96. The first-order valence-electron chi connectivity index (χ1n) is 17.1. The van der Waals surface area contributed by atoms with E-state index in [4.69, 9.17) is 0 Å². The number of nitriles is 1. The smallest absolute Gasteiger partial charge is 0.128 e. The van der Waals surface area contributed by atoms with Gasteiger partial charge in [-0.2, -0.15) is 5.26 Å². The number of para-hydroxylation sites is 2. The first-order chi connectivity index (χ1) is 25.9. The standard InChI is InChI=1S/C45H28F4N4/c46-31-11-17-40(48)29(21-31)26-51-42-7-3-1-5-36(42)38-23-34(15-19-44(38)51)53(33-13-9-28(25-50)10-14-33)35-16-20-45-39(24-35)37-6-2-4-8-43(37)52(45)27-30-22-32(47)12-18-41(30)49/h1-24H,26-27H2. The van der Waals surface area contributed by atoms with Crippen LogP contribution in [0.4, 0.5) is 34.6 Å². The van der Waals surface area contributed by atoms with Crippen LogP contribution in [0.3, 0.4) is 0 Å². The van der Waals surface area contributed by atoms with Crippen LogP contribution in [-0.2, 0) is 13.1 Å². The van der Waals surface area contributed by atoms with Crippen LogP contribution in [0.15, 0.2) is 146 Å². The van der Waals surface area contributed by atoms with Gasteiger partial charge in [-0.25, -0.2) is 17.6 Å². The maximum absolute atomic E-state index is 14.9. The molecule has 4 nitrogen and oxygen atoms in total. The maximum atomic E-state index is 14.9. The molecular formula is C45H28F4N4.